The Balaban J connectivity index is 2.00. The van der Waals surface area contributed by atoms with Gasteiger partial charge in [-0.2, -0.15) is 0 Å². The molecule has 0 radical (unpaired) electrons. The normalized spacial score (nSPS) is 13.2. The van der Waals surface area contributed by atoms with Crippen molar-refractivity contribution in [2.45, 2.75) is 44.0 Å². The summed E-state index contributed by atoms with van der Waals surface area (Å²) in [6, 6.07) is 15.9. The van der Waals surface area contributed by atoms with E-state index in [9.17, 15) is 13.2 Å². The van der Waals surface area contributed by atoms with E-state index < -0.39 is 15.6 Å². The molecule has 140 valence electrons. The molecule has 0 aliphatic rings. The first-order valence-electron chi connectivity index (χ1n) is 8.56. The second kappa shape index (κ2) is 8.01. The quantitative estimate of drug-likeness (QED) is 0.815. The summed E-state index contributed by atoms with van der Waals surface area (Å²) in [5.74, 6) is -0.0312. The lowest BCUT2D eigenvalue weighted by molar-refractivity contribution is 0.0951. The molecule has 0 aliphatic heterocycles. The van der Waals surface area contributed by atoms with Gasteiger partial charge in [-0.05, 0) is 56.5 Å². The summed E-state index contributed by atoms with van der Waals surface area (Å²) in [6.45, 7) is 7.89. The highest BCUT2D eigenvalue weighted by Gasteiger charge is 2.22. The minimum atomic E-state index is -3.60. The van der Waals surface area contributed by atoms with E-state index in [-0.39, 0.29) is 16.7 Å². The summed E-state index contributed by atoms with van der Waals surface area (Å²) in [4.78, 5) is 12.4. The lowest BCUT2D eigenvalue weighted by Crippen LogP contribution is -2.40. The molecule has 0 bridgehead atoms. The largest absolute Gasteiger partial charge is 0.351 e. The number of rotatable bonds is 6. The first-order valence-corrected chi connectivity index (χ1v) is 10.0. The molecule has 26 heavy (non-hydrogen) atoms. The van der Waals surface area contributed by atoms with Crippen molar-refractivity contribution >= 4 is 15.9 Å². The fourth-order valence-electron chi connectivity index (χ4n) is 2.49. The number of hydrogen-bond donors (Lipinski definition) is 2. The second-order valence-electron chi connectivity index (χ2n) is 7.40. The summed E-state index contributed by atoms with van der Waals surface area (Å²) in [5.41, 5.74) is 1.02. The Morgan fingerprint density at radius 2 is 1.58 bits per heavy atom. The van der Waals surface area contributed by atoms with E-state index in [0.717, 1.165) is 5.56 Å². The van der Waals surface area contributed by atoms with E-state index in [1.807, 2.05) is 37.3 Å². The smallest absolute Gasteiger partial charge is 0.251 e. The third kappa shape index (κ3) is 5.68. The van der Waals surface area contributed by atoms with Crippen molar-refractivity contribution in [3.8, 4) is 0 Å². The van der Waals surface area contributed by atoms with Crippen LogP contribution < -0.4 is 10.0 Å². The topological polar surface area (TPSA) is 75.3 Å². The fourth-order valence-corrected chi connectivity index (χ4v) is 3.91. The maximum absolute atomic E-state index is 12.3. The van der Waals surface area contributed by atoms with Gasteiger partial charge in [0.1, 0.15) is 0 Å². The number of carbonyl (C=O) groups is 1. The molecule has 0 fully saturated rings. The van der Waals surface area contributed by atoms with Gasteiger partial charge in [0.05, 0.1) is 4.90 Å². The highest BCUT2D eigenvalue weighted by Crippen LogP contribution is 2.15. The van der Waals surface area contributed by atoms with Crippen molar-refractivity contribution in [2.24, 2.45) is 0 Å². The van der Waals surface area contributed by atoms with Crippen LogP contribution in [0, 0.1) is 0 Å². The van der Waals surface area contributed by atoms with Crippen molar-refractivity contribution in [3.05, 3.63) is 65.7 Å². The molecule has 0 spiro atoms. The van der Waals surface area contributed by atoms with E-state index in [1.54, 1.807) is 20.8 Å². The zero-order valence-electron chi connectivity index (χ0n) is 15.6. The minimum absolute atomic E-state index is 0.140. The van der Waals surface area contributed by atoms with E-state index in [0.29, 0.717) is 12.1 Å². The highest BCUT2D eigenvalue weighted by atomic mass is 32.2. The van der Waals surface area contributed by atoms with Gasteiger partial charge in [0, 0.05) is 17.6 Å². The molecule has 6 heteroatoms. The maximum Gasteiger partial charge on any atom is 0.251 e. The van der Waals surface area contributed by atoms with Gasteiger partial charge in [-0.3, -0.25) is 4.79 Å². The number of benzene rings is 2. The van der Waals surface area contributed by atoms with Crippen LogP contribution in [0.1, 0.15) is 49.5 Å². The van der Waals surface area contributed by atoms with Gasteiger partial charge in [-0.1, -0.05) is 37.3 Å². The van der Waals surface area contributed by atoms with E-state index in [2.05, 4.69) is 10.0 Å². The maximum atomic E-state index is 12.3. The van der Waals surface area contributed by atoms with Crippen molar-refractivity contribution in [3.63, 3.8) is 0 Å². The average molecular weight is 375 g/mol. The first kappa shape index (κ1) is 20.1. The van der Waals surface area contributed by atoms with E-state index in [4.69, 9.17) is 0 Å². The summed E-state index contributed by atoms with van der Waals surface area (Å²) in [5, 5.41) is 2.89. The fraction of sp³-hybridized carbons (Fsp3) is 0.350. The van der Waals surface area contributed by atoms with Crippen LogP contribution in [0.5, 0.6) is 0 Å². The summed E-state index contributed by atoms with van der Waals surface area (Å²) in [6.07, 6.45) is 0. The Morgan fingerprint density at radius 3 is 2.12 bits per heavy atom. The Labute approximate surface area is 155 Å². The molecular weight excluding hydrogens is 348 g/mol. The zero-order valence-corrected chi connectivity index (χ0v) is 16.4. The molecule has 2 aromatic carbocycles. The van der Waals surface area contributed by atoms with Crippen molar-refractivity contribution < 1.29 is 13.2 Å². The third-order valence-electron chi connectivity index (χ3n) is 3.80. The van der Waals surface area contributed by atoms with Gasteiger partial charge >= 0.3 is 0 Å². The zero-order chi connectivity index (χ0) is 19.4. The predicted molar refractivity (Wildman–Crippen MR) is 104 cm³/mol. The molecule has 5 nitrogen and oxygen atoms in total. The predicted octanol–water partition coefficient (Wildman–Crippen LogP) is 3.30. The summed E-state index contributed by atoms with van der Waals surface area (Å²) >= 11 is 0. The second-order valence-corrected chi connectivity index (χ2v) is 9.08. The van der Waals surface area contributed by atoms with Gasteiger partial charge < -0.3 is 5.32 Å². The van der Waals surface area contributed by atoms with Crippen LogP contribution in [0.25, 0.3) is 0 Å². The lowest BCUT2D eigenvalue weighted by atomic mass is 10.0. The molecule has 0 aliphatic carbocycles. The van der Waals surface area contributed by atoms with Gasteiger partial charge in [-0.15, -0.1) is 0 Å². The molecular formula is C20H26N2O3S. The van der Waals surface area contributed by atoms with Crippen LogP contribution in [0.3, 0.4) is 0 Å². The SMILES string of the molecule is C[C@@H](CNC(=O)c1ccc(S(=O)(=O)NC(C)(C)C)cc1)c1ccccc1. The number of sulfonamides is 1. The molecule has 0 aromatic heterocycles. The van der Waals surface area contributed by atoms with Gasteiger partial charge in [0.2, 0.25) is 10.0 Å². The number of nitrogens with one attached hydrogen (secondary N) is 2. The lowest BCUT2D eigenvalue weighted by Gasteiger charge is -2.20. The average Bonchev–Trinajstić information content (AvgIpc) is 2.58. The molecule has 1 amide bonds. The van der Waals surface area contributed by atoms with Crippen molar-refractivity contribution in [2.75, 3.05) is 6.54 Å². The van der Waals surface area contributed by atoms with Gasteiger partial charge in [0.25, 0.3) is 5.91 Å². The third-order valence-corrected chi connectivity index (χ3v) is 5.58. The Kier molecular flexibility index (Phi) is 6.21. The molecule has 2 aromatic rings. The van der Waals surface area contributed by atoms with E-state index >= 15 is 0 Å². The Hall–Kier alpha value is -2.18. The van der Waals surface area contributed by atoms with Crippen LogP contribution in [0.2, 0.25) is 0 Å². The monoisotopic (exact) mass is 374 g/mol. The molecule has 0 heterocycles. The van der Waals surface area contributed by atoms with Crippen LogP contribution in [0.15, 0.2) is 59.5 Å². The van der Waals surface area contributed by atoms with Gasteiger partial charge in [-0.25, -0.2) is 13.1 Å². The number of carbonyl (C=O) groups excluding carboxylic acids is 1. The Bertz CT molecular complexity index is 839. The van der Waals surface area contributed by atoms with Crippen LogP contribution >= 0.6 is 0 Å². The van der Waals surface area contributed by atoms with Gasteiger partial charge in [0.15, 0.2) is 0 Å². The first-order chi connectivity index (χ1) is 12.1. The Morgan fingerprint density at radius 1 is 1.00 bits per heavy atom. The standard InChI is InChI=1S/C20H26N2O3S/c1-15(16-8-6-5-7-9-16)14-21-19(23)17-10-12-18(13-11-17)26(24,25)22-20(2,3)4/h5-13,15,22H,14H2,1-4H3,(H,21,23)/t15-/m0/s1. The number of hydrogen-bond acceptors (Lipinski definition) is 3. The molecule has 0 unspecified atom stereocenters. The van der Waals surface area contributed by atoms with E-state index in [1.165, 1.54) is 24.3 Å². The van der Waals surface area contributed by atoms with Crippen LogP contribution in [-0.4, -0.2) is 26.4 Å². The van der Waals surface area contributed by atoms with Crippen molar-refractivity contribution in [1.29, 1.82) is 0 Å². The molecule has 2 rings (SSSR count). The minimum Gasteiger partial charge on any atom is -0.351 e. The number of amides is 1. The molecule has 0 saturated heterocycles. The highest BCUT2D eigenvalue weighted by molar-refractivity contribution is 7.89. The van der Waals surface area contributed by atoms with Crippen molar-refractivity contribution in [1.82, 2.24) is 10.0 Å². The van der Waals surface area contributed by atoms with Crippen LogP contribution in [-0.2, 0) is 10.0 Å². The molecule has 1 atom stereocenters. The molecule has 0 saturated carbocycles. The summed E-state index contributed by atoms with van der Waals surface area (Å²) in [7, 11) is -3.60. The molecule has 2 N–H and O–H groups in total. The van der Waals surface area contributed by atoms with Crippen LogP contribution in [0.4, 0.5) is 0 Å². The summed E-state index contributed by atoms with van der Waals surface area (Å²) < 4.78 is 27.2.